The van der Waals surface area contributed by atoms with Gasteiger partial charge in [0.15, 0.2) is 5.13 Å². The van der Waals surface area contributed by atoms with Crippen LogP contribution < -0.4 is 10.1 Å². The van der Waals surface area contributed by atoms with Gasteiger partial charge in [0.25, 0.3) is 0 Å². The normalized spacial score (nSPS) is 14.4. The van der Waals surface area contributed by atoms with Crippen molar-refractivity contribution in [1.82, 2.24) is 9.97 Å². The molecule has 2 aromatic carbocycles. The molecule has 1 saturated carbocycles. The van der Waals surface area contributed by atoms with E-state index in [1.54, 1.807) is 29.8 Å². The number of nitrogens with one attached hydrogen (secondary N) is 1. The monoisotopic (exact) mass is 432 g/mol. The summed E-state index contributed by atoms with van der Waals surface area (Å²) in [6.07, 6.45) is 3.41. The number of methoxy groups -OCH3 is 1. The van der Waals surface area contributed by atoms with Crippen LogP contribution in [0.4, 0.5) is 5.13 Å². The van der Waals surface area contributed by atoms with Gasteiger partial charge in [-0.2, -0.15) is 0 Å². The van der Waals surface area contributed by atoms with Crippen molar-refractivity contribution in [3.05, 3.63) is 81.6 Å². The second-order valence-electron chi connectivity index (χ2n) is 7.46. The van der Waals surface area contributed by atoms with Gasteiger partial charge in [-0.1, -0.05) is 36.4 Å². The highest BCUT2D eigenvalue weighted by Gasteiger charge is 2.28. The van der Waals surface area contributed by atoms with Gasteiger partial charge in [-0.25, -0.2) is 9.97 Å². The molecule has 1 N–H and O–H groups in total. The topological polar surface area (TPSA) is 47.0 Å². The zero-order valence-electron chi connectivity index (χ0n) is 16.7. The smallest absolute Gasteiger partial charge is 0.183 e. The molecule has 0 spiro atoms. The summed E-state index contributed by atoms with van der Waals surface area (Å²) in [5.41, 5.74) is 4.37. The molecular weight excluding hydrogens is 410 g/mol. The minimum absolute atomic E-state index is 0.0838. The molecule has 1 fully saturated rings. The Bertz CT molecular complexity index is 1120. The molecule has 0 aliphatic heterocycles. The zero-order chi connectivity index (χ0) is 20.3. The maximum atomic E-state index is 5.35. The molecule has 5 rings (SSSR count). The summed E-state index contributed by atoms with van der Waals surface area (Å²) < 4.78 is 5.35. The summed E-state index contributed by atoms with van der Waals surface area (Å²) in [5, 5.41) is 10.1. The highest BCUT2D eigenvalue weighted by Crippen LogP contribution is 2.42. The number of thiazole rings is 2. The van der Waals surface area contributed by atoms with Gasteiger partial charge in [0, 0.05) is 22.2 Å². The molecule has 0 unspecified atom stereocenters. The lowest BCUT2D eigenvalue weighted by atomic mass is 10.0. The molecule has 1 atom stereocenters. The fraction of sp³-hybridized carbons (Fsp3) is 0.250. The Balaban J connectivity index is 1.39. The minimum Gasteiger partial charge on any atom is -0.497 e. The molecule has 0 bridgehead atoms. The van der Waals surface area contributed by atoms with Gasteiger partial charge >= 0.3 is 0 Å². The Morgan fingerprint density at radius 3 is 2.80 bits per heavy atom. The summed E-state index contributed by atoms with van der Waals surface area (Å²) in [5.74, 6) is 1.51. The Morgan fingerprint density at radius 2 is 2.00 bits per heavy atom. The van der Waals surface area contributed by atoms with E-state index < -0.39 is 0 Å². The largest absolute Gasteiger partial charge is 0.497 e. The molecule has 0 amide bonds. The van der Waals surface area contributed by atoms with Crippen LogP contribution in [-0.2, 0) is 6.42 Å². The van der Waals surface area contributed by atoms with Crippen LogP contribution in [0.1, 0.15) is 41.1 Å². The van der Waals surface area contributed by atoms with Gasteiger partial charge in [0.05, 0.1) is 29.5 Å². The maximum Gasteiger partial charge on any atom is 0.183 e. The van der Waals surface area contributed by atoms with E-state index in [-0.39, 0.29) is 6.04 Å². The number of rotatable bonds is 8. The van der Waals surface area contributed by atoms with Gasteiger partial charge in [-0.3, -0.25) is 0 Å². The van der Waals surface area contributed by atoms with Crippen molar-refractivity contribution in [3.63, 3.8) is 0 Å². The first-order chi connectivity index (χ1) is 14.8. The number of benzene rings is 2. The van der Waals surface area contributed by atoms with Crippen molar-refractivity contribution in [2.45, 2.75) is 31.2 Å². The molecule has 4 nitrogen and oxygen atoms in total. The summed E-state index contributed by atoms with van der Waals surface area (Å²) >= 11 is 3.41. The molecule has 2 heterocycles. The van der Waals surface area contributed by atoms with E-state index in [1.165, 1.54) is 23.4 Å². The van der Waals surface area contributed by atoms with Gasteiger partial charge in [0.2, 0.25) is 0 Å². The van der Waals surface area contributed by atoms with Gasteiger partial charge in [-0.15, -0.1) is 22.7 Å². The molecule has 151 valence electrons. The van der Waals surface area contributed by atoms with Crippen LogP contribution in [0, 0.1) is 6.07 Å². The van der Waals surface area contributed by atoms with Crippen molar-refractivity contribution in [2.75, 3.05) is 12.4 Å². The first-order valence-electron chi connectivity index (χ1n) is 10.1. The number of nitrogens with zero attached hydrogens (tertiary/aromatic N) is 2. The van der Waals surface area contributed by atoms with E-state index in [1.807, 2.05) is 30.3 Å². The lowest BCUT2D eigenvalue weighted by Crippen LogP contribution is -2.14. The second-order valence-corrected chi connectivity index (χ2v) is 9.21. The van der Waals surface area contributed by atoms with Gasteiger partial charge < -0.3 is 10.1 Å². The quantitative estimate of drug-likeness (QED) is 0.352. The van der Waals surface area contributed by atoms with Crippen molar-refractivity contribution in [1.29, 1.82) is 0 Å². The summed E-state index contributed by atoms with van der Waals surface area (Å²) in [4.78, 5) is 9.80. The van der Waals surface area contributed by atoms with Crippen molar-refractivity contribution in [3.8, 4) is 17.0 Å². The number of hydrogen-bond donors (Lipinski definition) is 1. The number of aromatic nitrogens is 2. The molecule has 1 aliphatic rings. The highest BCUT2D eigenvalue weighted by molar-refractivity contribution is 7.14. The lowest BCUT2D eigenvalue weighted by molar-refractivity contribution is 0.415. The third kappa shape index (κ3) is 4.40. The van der Waals surface area contributed by atoms with Crippen molar-refractivity contribution >= 4 is 27.8 Å². The average Bonchev–Trinajstić information content (AvgIpc) is 3.33. The lowest BCUT2D eigenvalue weighted by Gasteiger charge is -2.16. The summed E-state index contributed by atoms with van der Waals surface area (Å²) in [6, 6.07) is 19.4. The molecule has 1 aliphatic carbocycles. The number of anilines is 1. The first-order valence-corrected chi connectivity index (χ1v) is 11.8. The Kier molecular flexibility index (Phi) is 5.51. The van der Waals surface area contributed by atoms with E-state index in [4.69, 9.17) is 14.7 Å². The van der Waals surface area contributed by atoms with Crippen LogP contribution >= 0.6 is 22.7 Å². The first kappa shape index (κ1) is 19.3. The zero-order valence-corrected chi connectivity index (χ0v) is 18.3. The molecule has 6 heteroatoms. The van der Waals surface area contributed by atoms with E-state index in [2.05, 4.69) is 40.3 Å². The molecule has 1 radical (unpaired) electrons. The molecule has 30 heavy (non-hydrogen) atoms. The predicted octanol–water partition coefficient (Wildman–Crippen LogP) is 6.35. The van der Waals surface area contributed by atoms with Crippen LogP contribution in [-0.4, -0.2) is 17.1 Å². The average molecular weight is 433 g/mol. The minimum atomic E-state index is 0.0838. The van der Waals surface area contributed by atoms with Crippen LogP contribution in [0.3, 0.4) is 0 Å². The van der Waals surface area contributed by atoms with Gasteiger partial charge in [0.1, 0.15) is 5.75 Å². The van der Waals surface area contributed by atoms with Crippen LogP contribution in [0.5, 0.6) is 5.75 Å². The molecule has 4 aromatic rings. The van der Waals surface area contributed by atoms with E-state index in [0.717, 1.165) is 34.3 Å². The third-order valence-electron chi connectivity index (χ3n) is 5.22. The Hall–Kier alpha value is -2.70. The van der Waals surface area contributed by atoms with Crippen LogP contribution in [0.2, 0.25) is 0 Å². The maximum absolute atomic E-state index is 5.35. The fourth-order valence-electron chi connectivity index (χ4n) is 3.41. The third-order valence-corrected chi connectivity index (χ3v) is 7.02. The molecule has 0 saturated heterocycles. The molecular formula is C24H22N3OS2. The Labute approximate surface area is 184 Å². The predicted molar refractivity (Wildman–Crippen MR) is 124 cm³/mol. The van der Waals surface area contributed by atoms with Crippen molar-refractivity contribution < 1.29 is 4.74 Å². The number of hydrogen-bond acceptors (Lipinski definition) is 6. The van der Waals surface area contributed by atoms with E-state index in [0.29, 0.717) is 5.92 Å². The Morgan fingerprint density at radius 1 is 1.13 bits per heavy atom. The number of ether oxygens (including phenoxy) is 1. The second kappa shape index (κ2) is 8.58. The SMILES string of the molecule is COc1cccc(-c2csc(N[C@@H](Cc3cc[c]cc3)c3csc(C4CC4)n3)n2)c1. The fourth-order valence-corrected chi connectivity index (χ4v) is 5.22. The standard InChI is InChI=1S/C24H22N3OS2/c1-28-19-9-5-8-18(13-19)21-14-30-24(27-21)26-20(12-16-6-3-2-4-7-16)22-15-29-23(25-22)17-10-11-17/h3-9,13-15,17,20H,10-12H2,1H3,(H,26,27)/t20-/m0/s1. The van der Waals surface area contributed by atoms with E-state index in [9.17, 15) is 0 Å². The molecule has 2 aromatic heterocycles. The van der Waals surface area contributed by atoms with E-state index >= 15 is 0 Å². The highest BCUT2D eigenvalue weighted by atomic mass is 32.1. The van der Waals surface area contributed by atoms with Crippen LogP contribution in [0.25, 0.3) is 11.3 Å². The van der Waals surface area contributed by atoms with Crippen LogP contribution in [0.15, 0.2) is 59.3 Å². The van der Waals surface area contributed by atoms with Gasteiger partial charge in [-0.05, 0) is 43.0 Å². The summed E-state index contributed by atoms with van der Waals surface area (Å²) in [7, 11) is 1.68. The van der Waals surface area contributed by atoms with Crippen molar-refractivity contribution in [2.24, 2.45) is 0 Å². The summed E-state index contributed by atoms with van der Waals surface area (Å²) in [6.45, 7) is 0.